The average Bonchev–Trinajstić information content (AvgIpc) is 3.42. The molecule has 2 unspecified atom stereocenters. The molecule has 6 rings (SSSR count). The SMILES string of the molecule is [2H]C([2H])([2H])OCc1cc(CN2C(=O)C3(CC4CC4C3)N=C2CCCC)ccc1-c1ccccc1S(=O)(=O)N(COC)c1noc(C)c1C. The molecule has 240 valence electrons. The van der Waals surface area contributed by atoms with Crippen LogP contribution in [-0.4, -0.2) is 56.6 Å². The normalized spacial score (nSPS) is 23.6. The van der Waals surface area contributed by atoms with Gasteiger partial charge in [-0.1, -0.05) is 54.9 Å². The number of unbranched alkanes of at least 4 members (excludes halogenated alkanes) is 1. The van der Waals surface area contributed by atoms with Crippen molar-refractivity contribution in [3.05, 3.63) is 64.9 Å². The summed E-state index contributed by atoms with van der Waals surface area (Å²) >= 11 is 0. The van der Waals surface area contributed by atoms with Crippen LogP contribution in [0.2, 0.25) is 0 Å². The van der Waals surface area contributed by atoms with Crippen molar-refractivity contribution in [1.29, 1.82) is 0 Å². The first kappa shape index (κ1) is 27.7. The maximum Gasteiger partial charge on any atom is 0.268 e. The van der Waals surface area contributed by atoms with Gasteiger partial charge >= 0.3 is 0 Å². The van der Waals surface area contributed by atoms with Gasteiger partial charge in [0, 0.05) is 31.7 Å². The van der Waals surface area contributed by atoms with Crippen molar-refractivity contribution in [2.75, 3.05) is 25.2 Å². The predicted molar refractivity (Wildman–Crippen MR) is 171 cm³/mol. The highest BCUT2D eigenvalue weighted by atomic mass is 32.2. The molecule has 2 fully saturated rings. The van der Waals surface area contributed by atoms with Gasteiger partial charge < -0.3 is 14.0 Å². The number of carbonyl (C=O) groups excluding carboxylic acids is 1. The van der Waals surface area contributed by atoms with Crippen molar-refractivity contribution in [3.63, 3.8) is 0 Å². The molecule has 0 radical (unpaired) electrons. The molecule has 2 saturated carbocycles. The zero-order chi connectivity index (χ0) is 34.4. The summed E-state index contributed by atoms with van der Waals surface area (Å²) in [4.78, 5) is 20.8. The van der Waals surface area contributed by atoms with E-state index in [1.54, 1.807) is 49.1 Å². The van der Waals surface area contributed by atoms with E-state index < -0.39 is 22.6 Å². The van der Waals surface area contributed by atoms with E-state index in [0.29, 0.717) is 46.3 Å². The van der Waals surface area contributed by atoms with E-state index in [9.17, 15) is 13.2 Å². The van der Waals surface area contributed by atoms with E-state index in [4.69, 9.17) is 23.1 Å². The molecule has 1 amide bonds. The molecule has 10 nitrogen and oxygen atoms in total. The fourth-order valence-electron chi connectivity index (χ4n) is 6.86. The number of fused-ring (bicyclic) bond motifs is 1. The van der Waals surface area contributed by atoms with Crippen LogP contribution in [0.15, 0.2) is 56.9 Å². The van der Waals surface area contributed by atoms with Gasteiger partial charge in [-0.2, -0.15) is 0 Å². The number of methoxy groups -OCH3 is 2. The highest BCUT2D eigenvalue weighted by Gasteiger charge is 2.61. The Morgan fingerprint density at radius 3 is 2.60 bits per heavy atom. The number of benzene rings is 2. The third-order valence-electron chi connectivity index (χ3n) is 9.42. The number of sulfonamides is 1. The lowest BCUT2D eigenvalue weighted by Gasteiger charge is -2.25. The van der Waals surface area contributed by atoms with Gasteiger partial charge in [0.15, 0.2) is 5.82 Å². The van der Waals surface area contributed by atoms with Crippen LogP contribution in [0.3, 0.4) is 0 Å². The van der Waals surface area contributed by atoms with E-state index in [2.05, 4.69) is 12.1 Å². The minimum Gasteiger partial charge on any atom is -0.380 e. The second-order valence-corrected chi connectivity index (χ2v) is 14.3. The lowest BCUT2D eigenvalue weighted by Crippen LogP contribution is -2.41. The number of amides is 1. The van der Waals surface area contributed by atoms with Crippen molar-refractivity contribution < 1.29 is 31.3 Å². The van der Waals surface area contributed by atoms with Gasteiger partial charge in [-0.25, -0.2) is 12.7 Å². The van der Waals surface area contributed by atoms with Gasteiger partial charge in [0.25, 0.3) is 15.9 Å². The van der Waals surface area contributed by atoms with Crippen LogP contribution in [0.5, 0.6) is 0 Å². The van der Waals surface area contributed by atoms with E-state index in [0.717, 1.165) is 41.4 Å². The summed E-state index contributed by atoms with van der Waals surface area (Å²) in [6.45, 7) is 5.17. The number of ether oxygens (including phenoxy) is 2. The molecule has 1 spiro atoms. The van der Waals surface area contributed by atoms with Crippen LogP contribution in [0.4, 0.5) is 5.82 Å². The molecule has 0 N–H and O–H groups in total. The van der Waals surface area contributed by atoms with E-state index in [1.165, 1.54) is 19.6 Å². The first-order chi connectivity index (χ1) is 22.8. The molecule has 0 bridgehead atoms. The molecule has 45 heavy (non-hydrogen) atoms. The zero-order valence-corrected chi connectivity index (χ0v) is 27.0. The lowest BCUT2D eigenvalue weighted by molar-refractivity contribution is -0.131. The molecular weight excluding hydrogens is 592 g/mol. The number of aromatic nitrogens is 1. The largest absolute Gasteiger partial charge is 0.380 e. The number of hydrogen-bond donors (Lipinski definition) is 0. The fourth-order valence-corrected chi connectivity index (χ4v) is 8.45. The van der Waals surface area contributed by atoms with Crippen molar-refractivity contribution in [2.24, 2.45) is 16.8 Å². The minimum absolute atomic E-state index is 0.0320. The van der Waals surface area contributed by atoms with Crippen molar-refractivity contribution in [1.82, 2.24) is 10.1 Å². The number of anilines is 1. The van der Waals surface area contributed by atoms with Crippen LogP contribution in [0, 0.1) is 25.7 Å². The third kappa shape index (κ3) is 5.70. The van der Waals surface area contributed by atoms with Crippen LogP contribution >= 0.6 is 0 Å². The van der Waals surface area contributed by atoms with Crippen molar-refractivity contribution in [3.8, 4) is 11.1 Å². The summed E-state index contributed by atoms with van der Waals surface area (Å²) in [5.41, 5.74) is 1.95. The number of nitrogens with zero attached hydrogens (tertiary/aromatic N) is 4. The molecule has 1 aliphatic heterocycles. The van der Waals surface area contributed by atoms with Crippen LogP contribution in [0.1, 0.15) is 72.0 Å². The highest BCUT2D eigenvalue weighted by molar-refractivity contribution is 7.93. The van der Waals surface area contributed by atoms with Crippen LogP contribution in [0.25, 0.3) is 11.1 Å². The van der Waals surface area contributed by atoms with Gasteiger partial charge in [-0.3, -0.25) is 14.7 Å². The van der Waals surface area contributed by atoms with Gasteiger partial charge in [0.1, 0.15) is 23.9 Å². The Balaban J connectivity index is 1.38. The number of amidine groups is 1. The standard InChI is InChI=1S/C34H42N4O6S/c1-6-7-12-31-35-34(17-25-16-26(25)18-34)33(39)37(31)19-24-13-14-28(27(15-24)20-42-4)29-10-8-9-11-30(29)45(40,41)38(21-43-5)32-22(2)23(3)44-36-32/h8-11,13-15,25-26H,6-7,12,16-21H2,1-5H3/i4D3. The minimum atomic E-state index is -4.27. The summed E-state index contributed by atoms with van der Waals surface area (Å²) in [5.74, 6) is 2.60. The molecule has 1 aromatic heterocycles. The van der Waals surface area contributed by atoms with E-state index in [-0.39, 0.29) is 36.5 Å². The predicted octanol–water partition coefficient (Wildman–Crippen LogP) is 6.00. The smallest absolute Gasteiger partial charge is 0.268 e. The number of aliphatic imine (C=N–C) groups is 1. The van der Waals surface area contributed by atoms with Crippen LogP contribution in [-0.2, 0) is 37.4 Å². The van der Waals surface area contributed by atoms with Gasteiger partial charge in [-0.15, -0.1) is 0 Å². The average molecular weight is 638 g/mol. The Morgan fingerprint density at radius 2 is 1.91 bits per heavy atom. The summed E-state index contributed by atoms with van der Waals surface area (Å²) < 4.78 is 68.6. The van der Waals surface area contributed by atoms with Crippen molar-refractivity contribution >= 4 is 27.6 Å². The molecule has 2 aliphatic carbocycles. The zero-order valence-electron chi connectivity index (χ0n) is 29.2. The van der Waals surface area contributed by atoms with Crippen LogP contribution < -0.4 is 4.31 Å². The molecular formula is C34H42N4O6S. The summed E-state index contributed by atoms with van der Waals surface area (Å²) in [7, 11) is -5.56. The number of hydrogen-bond acceptors (Lipinski definition) is 8. The molecule has 3 aromatic rings. The van der Waals surface area contributed by atoms with Gasteiger partial charge in [0.2, 0.25) is 0 Å². The summed E-state index contributed by atoms with van der Waals surface area (Å²) in [6.07, 6.45) is 5.39. The molecule has 2 aromatic carbocycles. The topological polar surface area (TPSA) is 115 Å². The van der Waals surface area contributed by atoms with Gasteiger partial charge in [-0.05, 0) is 74.1 Å². The third-order valence-corrected chi connectivity index (χ3v) is 11.2. The van der Waals surface area contributed by atoms with E-state index in [1.807, 2.05) is 6.07 Å². The summed E-state index contributed by atoms with van der Waals surface area (Å²) in [6, 6.07) is 11.9. The van der Waals surface area contributed by atoms with Crippen molar-refractivity contribution in [2.45, 2.75) is 82.9 Å². The monoisotopic (exact) mass is 637 g/mol. The Kier molecular flexibility index (Phi) is 7.61. The van der Waals surface area contributed by atoms with E-state index >= 15 is 0 Å². The Morgan fingerprint density at radius 1 is 1.13 bits per heavy atom. The highest BCUT2D eigenvalue weighted by Crippen LogP contribution is 2.59. The van der Waals surface area contributed by atoms with Gasteiger partial charge in [0.05, 0.1) is 22.2 Å². The molecule has 0 saturated heterocycles. The Labute approximate surface area is 269 Å². The number of aryl methyl sites for hydroxylation is 1. The molecule has 3 aliphatic rings. The first-order valence-electron chi connectivity index (χ1n) is 17.0. The number of carbonyl (C=O) groups is 1. The quantitative estimate of drug-likeness (QED) is 0.211. The second kappa shape index (κ2) is 12.3. The Bertz CT molecular complexity index is 1830. The molecule has 2 atom stereocenters. The Hall–Kier alpha value is -3.54. The molecule has 11 heteroatoms. The lowest BCUT2D eigenvalue weighted by atomic mass is 9.93. The maximum absolute atomic E-state index is 14.3. The fraction of sp³-hybridized carbons (Fsp3) is 0.500. The maximum atomic E-state index is 14.3. The molecule has 2 heterocycles. The first-order valence-corrected chi connectivity index (χ1v) is 16.9. The number of rotatable bonds is 13. The second-order valence-electron chi connectivity index (χ2n) is 12.5. The summed E-state index contributed by atoms with van der Waals surface area (Å²) in [5, 5.41) is 3.99.